The van der Waals surface area contributed by atoms with Crippen LogP contribution in [0.1, 0.15) is 12.5 Å². The molecule has 90 valence electrons. The van der Waals surface area contributed by atoms with E-state index in [4.69, 9.17) is 0 Å². The molecule has 1 atom stereocenters. The molecule has 5 heteroatoms. The Hall–Kier alpha value is -0.390. The van der Waals surface area contributed by atoms with Gasteiger partial charge in [-0.2, -0.15) is 0 Å². The molecule has 1 aromatic carbocycles. The van der Waals surface area contributed by atoms with Crippen molar-refractivity contribution in [2.24, 2.45) is 0 Å². The predicted octanol–water partition coefficient (Wildman–Crippen LogP) is 1.93. The summed E-state index contributed by atoms with van der Waals surface area (Å²) in [6.45, 7) is 1.64. The number of halogens is 1. The number of hydrogen-bond donors (Lipinski definition) is 1. The fourth-order valence-corrected chi connectivity index (χ4v) is 2.81. The van der Waals surface area contributed by atoms with Gasteiger partial charge in [0.15, 0.2) is 0 Å². The molecule has 1 unspecified atom stereocenters. The molecule has 0 saturated heterocycles. The van der Waals surface area contributed by atoms with E-state index in [1.165, 1.54) is 0 Å². The molecule has 0 aromatic heterocycles. The van der Waals surface area contributed by atoms with Crippen molar-refractivity contribution < 1.29 is 8.42 Å². The average Bonchev–Trinajstić information content (AvgIpc) is 2.29. The molecule has 0 bridgehead atoms. The van der Waals surface area contributed by atoms with Crippen molar-refractivity contribution in [2.45, 2.75) is 19.4 Å². The van der Waals surface area contributed by atoms with Crippen molar-refractivity contribution in [3.63, 3.8) is 0 Å². The van der Waals surface area contributed by atoms with Crippen molar-refractivity contribution in [1.29, 1.82) is 0 Å². The molecule has 0 saturated carbocycles. The van der Waals surface area contributed by atoms with E-state index in [9.17, 15) is 8.42 Å². The third-order valence-corrected chi connectivity index (χ3v) is 4.47. The van der Waals surface area contributed by atoms with E-state index < -0.39 is 10.0 Å². The fraction of sp³-hybridized carbons (Fsp3) is 0.455. The van der Waals surface area contributed by atoms with E-state index in [0.717, 1.165) is 5.56 Å². The second kappa shape index (κ2) is 6.37. The Morgan fingerprint density at radius 2 is 1.94 bits per heavy atom. The Balaban J connectivity index is 2.63. The molecule has 0 aliphatic rings. The molecule has 3 nitrogen and oxygen atoms in total. The van der Waals surface area contributed by atoms with E-state index >= 15 is 0 Å². The third kappa shape index (κ3) is 4.63. The Morgan fingerprint density at radius 3 is 2.44 bits per heavy atom. The molecule has 0 spiro atoms. The molecule has 0 heterocycles. The van der Waals surface area contributed by atoms with Crippen LogP contribution in [0.2, 0.25) is 0 Å². The van der Waals surface area contributed by atoms with Gasteiger partial charge in [-0.15, -0.1) is 0 Å². The molecular weight excluding hydrogens is 290 g/mol. The molecule has 16 heavy (non-hydrogen) atoms. The predicted molar refractivity (Wildman–Crippen MR) is 70.3 cm³/mol. The molecule has 1 aromatic rings. The van der Waals surface area contributed by atoms with Crippen LogP contribution in [0.3, 0.4) is 0 Å². The lowest BCUT2D eigenvalue weighted by atomic mass is 10.1. The number of benzene rings is 1. The van der Waals surface area contributed by atoms with E-state index in [1.807, 2.05) is 30.3 Å². The number of rotatable bonds is 6. The smallest absolute Gasteiger partial charge is 0.211 e. The number of alkyl halides is 1. The molecule has 0 fully saturated rings. The first-order valence-corrected chi connectivity index (χ1v) is 7.94. The Bertz CT molecular complexity index is 405. The lowest BCUT2D eigenvalue weighted by molar-refractivity contribution is 0.563. The summed E-state index contributed by atoms with van der Waals surface area (Å²) >= 11 is 3.33. The summed E-state index contributed by atoms with van der Waals surface area (Å²) in [4.78, 5) is 0. The van der Waals surface area contributed by atoms with E-state index in [1.54, 1.807) is 6.92 Å². The van der Waals surface area contributed by atoms with Gasteiger partial charge in [0.05, 0.1) is 5.75 Å². The van der Waals surface area contributed by atoms with Gasteiger partial charge in [0.2, 0.25) is 10.0 Å². The zero-order valence-electron chi connectivity index (χ0n) is 9.19. The highest BCUT2D eigenvalue weighted by Gasteiger charge is 2.15. The number of nitrogens with one attached hydrogen (secondary N) is 1. The van der Waals surface area contributed by atoms with Crippen LogP contribution in [0.4, 0.5) is 0 Å². The minimum Gasteiger partial charge on any atom is -0.212 e. The van der Waals surface area contributed by atoms with Gasteiger partial charge in [-0.1, -0.05) is 46.3 Å². The van der Waals surface area contributed by atoms with Gasteiger partial charge in [0, 0.05) is 11.4 Å². The third-order valence-electron chi connectivity index (χ3n) is 2.24. The zero-order valence-corrected chi connectivity index (χ0v) is 11.6. The van der Waals surface area contributed by atoms with E-state index in [0.29, 0.717) is 11.8 Å². The highest BCUT2D eigenvalue weighted by Crippen LogP contribution is 2.06. The van der Waals surface area contributed by atoms with Crippen LogP contribution >= 0.6 is 15.9 Å². The van der Waals surface area contributed by atoms with Gasteiger partial charge in [-0.25, -0.2) is 13.1 Å². The summed E-state index contributed by atoms with van der Waals surface area (Å²) < 4.78 is 25.5. The van der Waals surface area contributed by atoms with E-state index in [2.05, 4.69) is 20.7 Å². The molecule has 1 rings (SSSR count). The molecule has 0 amide bonds. The largest absolute Gasteiger partial charge is 0.212 e. The van der Waals surface area contributed by atoms with Crippen molar-refractivity contribution >= 4 is 26.0 Å². The van der Waals surface area contributed by atoms with Crippen molar-refractivity contribution in [1.82, 2.24) is 4.72 Å². The highest BCUT2D eigenvalue weighted by molar-refractivity contribution is 9.09. The Morgan fingerprint density at radius 1 is 1.31 bits per heavy atom. The minimum atomic E-state index is -3.13. The molecular formula is C11H16BrNO2S. The first-order chi connectivity index (χ1) is 7.57. The molecule has 0 aliphatic carbocycles. The standard InChI is InChI=1S/C11H16BrNO2S/c1-2-16(14,15)13-11(9-12)8-10-6-4-3-5-7-10/h3-7,11,13H,2,8-9H2,1H3. The number of hydrogen-bond acceptors (Lipinski definition) is 2. The topological polar surface area (TPSA) is 46.2 Å². The fourth-order valence-electron chi connectivity index (χ4n) is 1.36. The van der Waals surface area contributed by atoms with Crippen LogP contribution in [0.15, 0.2) is 30.3 Å². The van der Waals surface area contributed by atoms with Crippen molar-refractivity contribution in [2.75, 3.05) is 11.1 Å². The summed E-state index contributed by atoms with van der Waals surface area (Å²) in [5, 5.41) is 0.612. The molecule has 0 radical (unpaired) electrons. The maximum Gasteiger partial charge on any atom is 0.211 e. The summed E-state index contributed by atoms with van der Waals surface area (Å²) in [6.07, 6.45) is 0.700. The maximum atomic E-state index is 11.4. The first-order valence-electron chi connectivity index (χ1n) is 5.17. The van der Waals surface area contributed by atoms with Crippen LogP contribution in [0.5, 0.6) is 0 Å². The normalized spacial score (nSPS) is 13.6. The monoisotopic (exact) mass is 305 g/mol. The van der Waals surface area contributed by atoms with Gasteiger partial charge in [0.25, 0.3) is 0 Å². The zero-order chi connectivity index (χ0) is 12.0. The highest BCUT2D eigenvalue weighted by atomic mass is 79.9. The Labute approximate surface area is 105 Å². The minimum absolute atomic E-state index is 0.0904. The maximum absolute atomic E-state index is 11.4. The van der Waals surface area contributed by atoms with Gasteiger partial charge in [-0.3, -0.25) is 0 Å². The summed E-state index contributed by atoms with van der Waals surface area (Å²) in [5.74, 6) is 0.116. The average molecular weight is 306 g/mol. The second-order valence-corrected chi connectivity index (χ2v) is 6.25. The molecule has 0 aliphatic heterocycles. The SMILES string of the molecule is CCS(=O)(=O)NC(CBr)Cc1ccccc1. The summed E-state index contributed by atoms with van der Waals surface area (Å²) in [6, 6.07) is 9.76. The molecule has 1 N–H and O–H groups in total. The van der Waals surface area contributed by atoms with Crippen molar-refractivity contribution in [3.8, 4) is 0 Å². The summed E-state index contributed by atoms with van der Waals surface area (Å²) in [7, 11) is -3.13. The van der Waals surface area contributed by atoms with Crippen molar-refractivity contribution in [3.05, 3.63) is 35.9 Å². The summed E-state index contributed by atoms with van der Waals surface area (Å²) in [5.41, 5.74) is 1.13. The first kappa shape index (κ1) is 13.7. The lowest BCUT2D eigenvalue weighted by Crippen LogP contribution is -2.38. The van der Waals surface area contributed by atoms with Gasteiger partial charge in [0.1, 0.15) is 0 Å². The van der Waals surface area contributed by atoms with Crippen LogP contribution in [-0.4, -0.2) is 25.5 Å². The van der Waals surface area contributed by atoms with Crippen LogP contribution in [0, 0.1) is 0 Å². The lowest BCUT2D eigenvalue weighted by Gasteiger charge is -2.15. The van der Waals surface area contributed by atoms with Gasteiger partial charge in [-0.05, 0) is 18.9 Å². The van der Waals surface area contributed by atoms with E-state index in [-0.39, 0.29) is 11.8 Å². The Kier molecular flexibility index (Phi) is 5.44. The van der Waals surface area contributed by atoms with Crippen LogP contribution in [0.25, 0.3) is 0 Å². The van der Waals surface area contributed by atoms with Crippen LogP contribution < -0.4 is 4.72 Å². The van der Waals surface area contributed by atoms with Crippen LogP contribution in [-0.2, 0) is 16.4 Å². The number of sulfonamides is 1. The second-order valence-electron chi connectivity index (χ2n) is 3.56. The van der Waals surface area contributed by atoms with Gasteiger partial charge >= 0.3 is 0 Å². The quantitative estimate of drug-likeness (QED) is 0.816. The van der Waals surface area contributed by atoms with Gasteiger partial charge < -0.3 is 0 Å².